The maximum atomic E-state index is 12.5. The molecule has 0 aromatic heterocycles. The molecule has 0 aliphatic carbocycles. The molecule has 4 N–H and O–H groups in total. The normalized spacial score (nSPS) is 14.0. The van der Waals surface area contributed by atoms with Gasteiger partial charge in [0.25, 0.3) is 5.91 Å². The zero-order valence-electron chi connectivity index (χ0n) is 15.9. The molecule has 0 bridgehead atoms. The van der Waals surface area contributed by atoms with E-state index >= 15 is 0 Å². The first kappa shape index (κ1) is 20.1. The van der Waals surface area contributed by atoms with Crippen molar-refractivity contribution in [2.24, 2.45) is 10.7 Å². The molecular formula is C22H22N4O3. The summed E-state index contributed by atoms with van der Waals surface area (Å²) in [5.41, 5.74) is 9.97. The predicted molar refractivity (Wildman–Crippen MR) is 112 cm³/mol. The van der Waals surface area contributed by atoms with Gasteiger partial charge in [-0.05, 0) is 41.8 Å². The van der Waals surface area contributed by atoms with Gasteiger partial charge in [0.2, 0.25) is 0 Å². The first-order valence-corrected chi connectivity index (χ1v) is 9.17. The van der Waals surface area contributed by atoms with E-state index in [4.69, 9.17) is 17.3 Å². The van der Waals surface area contributed by atoms with E-state index in [9.17, 15) is 9.59 Å². The lowest BCUT2D eigenvalue weighted by molar-refractivity contribution is -0.138. The average Bonchev–Trinajstić information content (AvgIpc) is 2.71. The predicted octanol–water partition coefficient (Wildman–Crippen LogP) is 1.72. The third kappa shape index (κ3) is 5.21. The van der Waals surface area contributed by atoms with Gasteiger partial charge in [0.1, 0.15) is 12.4 Å². The molecule has 1 amide bonds. The summed E-state index contributed by atoms with van der Waals surface area (Å²) < 4.78 is 0. The second kappa shape index (κ2) is 9.04. The molecule has 7 heteroatoms. The Kier molecular flexibility index (Phi) is 6.27. The van der Waals surface area contributed by atoms with Crippen LogP contribution in [0, 0.1) is 12.3 Å². The number of amides is 1. The molecule has 148 valence electrons. The largest absolute Gasteiger partial charge is 0.480 e. The number of nitrogens with zero attached hydrogens (tertiary/aromatic N) is 2. The Bertz CT molecular complexity index is 990. The zero-order valence-corrected chi connectivity index (χ0v) is 15.9. The molecule has 3 rings (SSSR count). The number of anilines is 1. The van der Waals surface area contributed by atoms with Gasteiger partial charge in [-0.3, -0.25) is 19.5 Å². The highest BCUT2D eigenvalue weighted by molar-refractivity contribution is 6.05. The van der Waals surface area contributed by atoms with Crippen molar-refractivity contribution in [2.75, 3.05) is 25.0 Å². The summed E-state index contributed by atoms with van der Waals surface area (Å²) in [7, 11) is 0. The number of rotatable bonds is 6. The molecular weight excluding hydrogens is 368 g/mol. The molecule has 0 spiro atoms. The van der Waals surface area contributed by atoms with Crippen molar-refractivity contribution in [3.63, 3.8) is 0 Å². The van der Waals surface area contributed by atoms with Crippen molar-refractivity contribution in [3.05, 3.63) is 64.7 Å². The zero-order chi connectivity index (χ0) is 20.8. The molecule has 0 radical (unpaired) electrons. The van der Waals surface area contributed by atoms with Crippen LogP contribution < -0.4 is 11.1 Å². The number of nitrogens with two attached hydrogens (primary N) is 1. The molecule has 1 aliphatic heterocycles. The minimum Gasteiger partial charge on any atom is -0.480 e. The van der Waals surface area contributed by atoms with Gasteiger partial charge in [-0.2, -0.15) is 0 Å². The lowest BCUT2D eigenvalue weighted by Crippen LogP contribution is -2.34. The third-order valence-corrected chi connectivity index (χ3v) is 4.70. The van der Waals surface area contributed by atoms with Crippen LogP contribution in [0.4, 0.5) is 5.69 Å². The van der Waals surface area contributed by atoms with Gasteiger partial charge in [0.05, 0.1) is 6.54 Å². The summed E-state index contributed by atoms with van der Waals surface area (Å²) in [5.74, 6) is 1.68. The number of carbonyl (C=O) groups excluding carboxylic acids is 1. The van der Waals surface area contributed by atoms with E-state index in [0.717, 1.165) is 17.5 Å². The van der Waals surface area contributed by atoms with E-state index in [1.54, 1.807) is 24.3 Å². The van der Waals surface area contributed by atoms with Gasteiger partial charge < -0.3 is 16.2 Å². The lowest BCUT2D eigenvalue weighted by atomic mass is 9.99. The number of carboxylic acid groups (broad SMARTS) is 1. The minimum absolute atomic E-state index is 0.0336. The number of hydrogen-bond acceptors (Lipinski definition) is 4. The van der Waals surface area contributed by atoms with Crippen molar-refractivity contribution >= 4 is 23.4 Å². The molecule has 2 aromatic carbocycles. The number of nitrogens with one attached hydrogen (secondary N) is 1. The Morgan fingerprint density at radius 3 is 2.59 bits per heavy atom. The number of benzene rings is 2. The minimum atomic E-state index is -0.826. The number of terminal acetylenes is 1. The maximum absolute atomic E-state index is 12.5. The number of carboxylic acids is 1. The van der Waals surface area contributed by atoms with Gasteiger partial charge in [-0.25, -0.2) is 0 Å². The van der Waals surface area contributed by atoms with Crippen LogP contribution in [0.1, 0.15) is 27.0 Å². The number of fused-ring (bicyclic) bond motifs is 1. The van der Waals surface area contributed by atoms with Gasteiger partial charge in [-0.15, -0.1) is 6.42 Å². The molecule has 1 aliphatic rings. The first-order chi connectivity index (χ1) is 14.0. The van der Waals surface area contributed by atoms with Crippen LogP contribution in [0.2, 0.25) is 0 Å². The molecule has 7 nitrogen and oxygen atoms in total. The second-order valence-corrected chi connectivity index (χ2v) is 6.77. The van der Waals surface area contributed by atoms with Crippen LogP contribution in [-0.2, 0) is 17.8 Å². The number of aliphatic carboxylic acids is 1. The van der Waals surface area contributed by atoms with E-state index in [1.165, 1.54) is 0 Å². The van der Waals surface area contributed by atoms with Crippen LogP contribution in [0.25, 0.3) is 0 Å². The fourth-order valence-corrected chi connectivity index (χ4v) is 3.23. The summed E-state index contributed by atoms with van der Waals surface area (Å²) in [6.45, 7) is 1.52. The van der Waals surface area contributed by atoms with E-state index in [-0.39, 0.29) is 19.0 Å². The van der Waals surface area contributed by atoms with Crippen molar-refractivity contribution < 1.29 is 14.7 Å². The first-order valence-electron chi connectivity index (χ1n) is 9.17. The van der Waals surface area contributed by atoms with Crippen LogP contribution in [0.3, 0.4) is 0 Å². The third-order valence-electron chi connectivity index (χ3n) is 4.70. The smallest absolute Gasteiger partial charge is 0.317 e. The molecule has 29 heavy (non-hydrogen) atoms. The average molecular weight is 390 g/mol. The SMILES string of the molecule is C#CCN=C(N)c1ccc(C(=O)Nc2ccc3c(c2)CCN(CC(=O)O)C3)cc1. The van der Waals surface area contributed by atoms with Crippen molar-refractivity contribution in [1.82, 2.24) is 4.90 Å². The number of carbonyl (C=O) groups is 2. The molecule has 2 aromatic rings. The quantitative estimate of drug-likeness (QED) is 0.395. The summed E-state index contributed by atoms with van der Waals surface area (Å²) in [4.78, 5) is 29.4. The Morgan fingerprint density at radius 1 is 1.17 bits per heavy atom. The molecule has 0 fully saturated rings. The summed E-state index contributed by atoms with van der Waals surface area (Å²) >= 11 is 0. The maximum Gasteiger partial charge on any atom is 0.317 e. The van der Waals surface area contributed by atoms with Crippen LogP contribution in [-0.4, -0.2) is 47.4 Å². The second-order valence-electron chi connectivity index (χ2n) is 6.77. The van der Waals surface area contributed by atoms with Gasteiger partial charge >= 0.3 is 5.97 Å². The van der Waals surface area contributed by atoms with Crippen LogP contribution in [0.5, 0.6) is 0 Å². The Balaban J connectivity index is 1.66. The Morgan fingerprint density at radius 2 is 1.90 bits per heavy atom. The van der Waals surface area contributed by atoms with E-state index in [2.05, 4.69) is 16.2 Å². The highest BCUT2D eigenvalue weighted by Gasteiger charge is 2.18. The van der Waals surface area contributed by atoms with Crippen LogP contribution in [0.15, 0.2) is 47.5 Å². The Labute approximate surface area is 169 Å². The van der Waals surface area contributed by atoms with Gasteiger partial charge in [-0.1, -0.05) is 24.1 Å². The highest BCUT2D eigenvalue weighted by Crippen LogP contribution is 2.23. The highest BCUT2D eigenvalue weighted by atomic mass is 16.4. The molecule has 0 saturated heterocycles. The van der Waals surface area contributed by atoms with Crippen LogP contribution >= 0.6 is 0 Å². The standard InChI is InChI=1S/C22H22N4O3/c1-2-10-24-21(23)15-3-5-16(6-4-15)22(29)25-19-8-7-18-13-26(14-20(27)28)11-9-17(18)12-19/h1,3-8,12H,9-11,13-14H2,(H2,23,24)(H,25,29)(H,27,28). The van der Waals surface area contributed by atoms with E-state index in [1.807, 2.05) is 23.1 Å². The van der Waals surface area contributed by atoms with E-state index in [0.29, 0.717) is 35.7 Å². The molecule has 0 atom stereocenters. The van der Waals surface area contributed by atoms with Gasteiger partial charge in [0.15, 0.2) is 0 Å². The monoisotopic (exact) mass is 390 g/mol. The summed E-state index contributed by atoms with van der Waals surface area (Å²) in [6.07, 6.45) is 5.92. The Hall–Kier alpha value is -3.63. The topological polar surface area (TPSA) is 108 Å². The fraction of sp³-hybridized carbons (Fsp3) is 0.227. The summed E-state index contributed by atoms with van der Waals surface area (Å²) in [6, 6.07) is 12.5. The lowest BCUT2D eigenvalue weighted by Gasteiger charge is -2.27. The number of hydrogen-bond donors (Lipinski definition) is 3. The molecule has 1 heterocycles. The fourth-order valence-electron chi connectivity index (χ4n) is 3.23. The van der Waals surface area contributed by atoms with Crippen molar-refractivity contribution in [1.29, 1.82) is 0 Å². The van der Waals surface area contributed by atoms with E-state index < -0.39 is 5.97 Å². The molecule has 0 saturated carbocycles. The summed E-state index contributed by atoms with van der Waals surface area (Å²) in [5, 5.41) is 11.8. The number of aliphatic imine (C=N–C) groups is 1. The van der Waals surface area contributed by atoms with Crippen molar-refractivity contribution in [3.8, 4) is 12.3 Å². The van der Waals surface area contributed by atoms with Crippen molar-refractivity contribution in [2.45, 2.75) is 13.0 Å². The molecule has 0 unspecified atom stereocenters. The van der Waals surface area contributed by atoms with Gasteiger partial charge in [0, 0.05) is 29.9 Å². The number of amidine groups is 1.